The zero-order valence-electron chi connectivity index (χ0n) is 7.22. The van der Waals surface area contributed by atoms with Gasteiger partial charge in [-0.3, -0.25) is 0 Å². The molecule has 5 heteroatoms. The Morgan fingerprint density at radius 1 is 1.29 bits per heavy atom. The van der Waals surface area contributed by atoms with E-state index in [-0.39, 0.29) is 11.5 Å². The minimum absolute atomic E-state index is 0.0941. The highest BCUT2D eigenvalue weighted by Crippen LogP contribution is 2.13. The highest BCUT2D eigenvalue weighted by Gasteiger charge is 2.09. The van der Waals surface area contributed by atoms with Gasteiger partial charge in [0.2, 0.25) is 0 Å². The molecule has 0 aliphatic carbocycles. The van der Waals surface area contributed by atoms with E-state index in [1.54, 1.807) is 6.08 Å². The number of aliphatic hydroxyl groups excluding tert-OH is 1. The highest BCUT2D eigenvalue weighted by molar-refractivity contribution is 7.86. The fourth-order valence-electron chi connectivity index (χ4n) is 0.930. The van der Waals surface area contributed by atoms with E-state index in [9.17, 15) is 12.3 Å². The summed E-state index contributed by atoms with van der Waals surface area (Å²) in [5, 5.41) is 8.47. The molecule has 0 fully saturated rings. The molecule has 0 aromatic heterocycles. The van der Waals surface area contributed by atoms with Crippen molar-refractivity contribution in [3.63, 3.8) is 0 Å². The van der Waals surface area contributed by atoms with Gasteiger partial charge in [-0.15, -0.1) is 3.89 Å². The third-order valence-corrected chi connectivity index (χ3v) is 2.41. The number of halogens is 1. The third-order valence-electron chi connectivity index (χ3n) is 1.58. The van der Waals surface area contributed by atoms with Gasteiger partial charge in [0.25, 0.3) is 0 Å². The van der Waals surface area contributed by atoms with Crippen LogP contribution in [0.2, 0.25) is 0 Å². The predicted molar refractivity (Wildman–Crippen MR) is 50.9 cm³/mol. The topological polar surface area (TPSA) is 54.4 Å². The van der Waals surface area contributed by atoms with Gasteiger partial charge in [-0.05, 0) is 17.7 Å². The molecule has 0 unspecified atom stereocenters. The molecule has 0 amide bonds. The van der Waals surface area contributed by atoms with Crippen molar-refractivity contribution in [1.82, 2.24) is 0 Å². The molecule has 0 heterocycles. The number of benzene rings is 1. The van der Waals surface area contributed by atoms with Gasteiger partial charge in [0.15, 0.2) is 0 Å². The SMILES string of the molecule is O=S(=O)(F)c1ccc(C=CCO)cc1. The Bertz CT molecular complexity index is 420. The maximum Gasteiger partial charge on any atom is 0.332 e. The van der Waals surface area contributed by atoms with E-state index >= 15 is 0 Å². The lowest BCUT2D eigenvalue weighted by Crippen LogP contribution is -1.90. The van der Waals surface area contributed by atoms with Gasteiger partial charge < -0.3 is 5.11 Å². The quantitative estimate of drug-likeness (QED) is 0.776. The average molecular weight is 216 g/mol. The third kappa shape index (κ3) is 2.93. The van der Waals surface area contributed by atoms with Crippen molar-refractivity contribution >= 4 is 16.3 Å². The Kier molecular flexibility index (Phi) is 3.38. The molecule has 1 aromatic carbocycles. The molecule has 1 aromatic rings. The van der Waals surface area contributed by atoms with Crippen LogP contribution in [0.4, 0.5) is 3.89 Å². The van der Waals surface area contributed by atoms with Crippen LogP contribution in [0.15, 0.2) is 35.2 Å². The molecule has 0 aliphatic heterocycles. The van der Waals surface area contributed by atoms with Crippen molar-refractivity contribution in [2.45, 2.75) is 4.90 Å². The molecule has 0 saturated carbocycles. The lowest BCUT2D eigenvalue weighted by atomic mass is 10.2. The van der Waals surface area contributed by atoms with Crippen LogP contribution in [0.3, 0.4) is 0 Å². The Balaban J connectivity index is 2.95. The lowest BCUT2D eigenvalue weighted by Gasteiger charge is -1.95. The molecule has 0 aliphatic rings. The first-order chi connectivity index (χ1) is 6.54. The smallest absolute Gasteiger partial charge is 0.332 e. The van der Waals surface area contributed by atoms with E-state index in [1.807, 2.05) is 0 Å². The van der Waals surface area contributed by atoms with Crippen molar-refractivity contribution in [2.24, 2.45) is 0 Å². The fourth-order valence-corrected chi connectivity index (χ4v) is 1.39. The van der Waals surface area contributed by atoms with Crippen LogP contribution in [0.25, 0.3) is 6.08 Å². The molecule has 0 bridgehead atoms. The molecule has 3 nitrogen and oxygen atoms in total. The van der Waals surface area contributed by atoms with Crippen molar-refractivity contribution in [1.29, 1.82) is 0 Å². The van der Waals surface area contributed by atoms with Gasteiger partial charge in [-0.25, -0.2) is 0 Å². The summed E-state index contributed by atoms with van der Waals surface area (Å²) in [6.07, 6.45) is 3.10. The van der Waals surface area contributed by atoms with E-state index < -0.39 is 10.2 Å². The second kappa shape index (κ2) is 4.34. The van der Waals surface area contributed by atoms with Crippen LogP contribution >= 0.6 is 0 Å². The summed E-state index contributed by atoms with van der Waals surface area (Å²) in [7, 11) is -4.61. The normalized spacial score (nSPS) is 12.1. The molecule has 0 radical (unpaired) electrons. The average Bonchev–Trinajstić information content (AvgIpc) is 2.14. The number of aliphatic hydroxyl groups is 1. The number of hydrogen-bond donors (Lipinski definition) is 1. The maximum atomic E-state index is 12.4. The summed E-state index contributed by atoms with van der Waals surface area (Å²) in [6, 6.07) is 5.26. The summed E-state index contributed by atoms with van der Waals surface area (Å²) in [5.74, 6) is 0. The first-order valence-corrected chi connectivity index (χ1v) is 5.24. The zero-order valence-corrected chi connectivity index (χ0v) is 8.04. The van der Waals surface area contributed by atoms with Crippen molar-refractivity contribution < 1.29 is 17.4 Å². The summed E-state index contributed by atoms with van der Waals surface area (Å²) in [5.41, 5.74) is 0.700. The van der Waals surface area contributed by atoms with Crippen LogP contribution < -0.4 is 0 Å². The maximum absolute atomic E-state index is 12.4. The number of hydrogen-bond acceptors (Lipinski definition) is 3. The highest BCUT2D eigenvalue weighted by atomic mass is 32.3. The van der Waals surface area contributed by atoms with E-state index in [0.29, 0.717) is 5.56 Å². The first kappa shape index (κ1) is 10.9. The van der Waals surface area contributed by atoms with E-state index in [1.165, 1.54) is 30.3 Å². The van der Waals surface area contributed by atoms with Crippen LogP contribution in [0, 0.1) is 0 Å². The standard InChI is InChI=1S/C9H9FO3S/c10-14(12,13)9-5-3-8(4-6-9)2-1-7-11/h1-6,11H,7H2. The van der Waals surface area contributed by atoms with Crippen molar-refractivity contribution in [2.75, 3.05) is 6.61 Å². The summed E-state index contributed by atoms with van der Waals surface area (Å²) in [6.45, 7) is -0.0941. The second-order valence-electron chi connectivity index (χ2n) is 2.59. The summed E-state index contributed by atoms with van der Waals surface area (Å²) >= 11 is 0. The second-order valence-corrected chi connectivity index (χ2v) is 3.94. The Hall–Kier alpha value is -1.20. The van der Waals surface area contributed by atoms with Crippen LogP contribution in [0.5, 0.6) is 0 Å². The molecule has 0 atom stereocenters. The van der Waals surface area contributed by atoms with Crippen LogP contribution in [0.1, 0.15) is 5.56 Å². The van der Waals surface area contributed by atoms with Gasteiger partial charge in [0, 0.05) is 0 Å². The molecule has 14 heavy (non-hydrogen) atoms. The minimum Gasteiger partial charge on any atom is -0.392 e. The number of rotatable bonds is 3. The van der Waals surface area contributed by atoms with Crippen molar-refractivity contribution in [3.05, 3.63) is 35.9 Å². The molecule has 0 saturated heterocycles. The fraction of sp³-hybridized carbons (Fsp3) is 0.111. The summed E-state index contributed by atoms with van der Waals surface area (Å²) < 4.78 is 33.3. The Morgan fingerprint density at radius 2 is 1.86 bits per heavy atom. The molecular formula is C9H9FO3S. The monoisotopic (exact) mass is 216 g/mol. The molecular weight excluding hydrogens is 207 g/mol. The van der Waals surface area contributed by atoms with Gasteiger partial charge in [-0.1, -0.05) is 24.3 Å². The Morgan fingerprint density at radius 3 is 2.29 bits per heavy atom. The van der Waals surface area contributed by atoms with Gasteiger partial charge in [0.1, 0.15) is 0 Å². The lowest BCUT2D eigenvalue weighted by molar-refractivity contribution is 0.343. The predicted octanol–water partition coefficient (Wildman–Crippen LogP) is 1.35. The van der Waals surface area contributed by atoms with Gasteiger partial charge in [-0.2, -0.15) is 8.42 Å². The van der Waals surface area contributed by atoms with Crippen LogP contribution in [-0.4, -0.2) is 20.1 Å². The molecule has 0 spiro atoms. The van der Waals surface area contributed by atoms with Gasteiger partial charge in [0.05, 0.1) is 11.5 Å². The summed E-state index contributed by atoms with van der Waals surface area (Å²) in [4.78, 5) is -0.362. The van der Waals surface area contributed by atoms with E-state index in [2.05, 4.69) is 0 Å². The van der Waals surface area contributed by atoms with Crippen molar-refractivity contribution in [3.8, 4) is 0 Å². The van der Waals surface area contributed by atoms with Crippen LogP contribution in [-0.2, 0) is 10.2 Å². The Labute approximate surface area is 81.7 Å². The zero-order chi connectivity index (χ0) is 10.6. The largest absolute Gasteiger partial charge is 0.392 e. The molecule has 76 valence electrons. The molecule has 1 rings (SSSR count). The van der Waals surface area contributed by atoms with E-state index in [0.717, 1.165) is 0 Å². The molecule has 1 N–H and O–H groups in total. The first-order valence-electron chi connectivity index (χ1n) is 3.86. The van der Waals surface area contributed by atoms with Gasteiger partial charge >= 0.3 is 10.2 Å². The van der Waals surface area contributed by atoms with E-state index in [4.69, 9.17) is 5.11 Å². The minimum atomic E-state index is -4.61.